The number of halogens is 1. The molecule has 0 radical (unpaired) electrons. The first-order valence-corrected chi connectivity index (χ1v) is 7.10. The Morgan fingerprint density at radius 2 is 2.09 bits per heavy atom. The van der Waals surface area contributed by atoms with Crippen LogP contribution in [0.2, 0.25) is 0 Å². The number of aryl methyl sites for hydroxylation is 1. The number of benzene rings is 1. The van der Waals surface area contributed by atoms with Crippen LogP contribution in [-0.2, 0) is 11.3 Å². The van der Waals surface area contributed by atoms with Gasteiger partial charge < -0.3 is 9.64 Å². The summed E-state index contributed by atoms with van der Waals surface area (Å²) in [6.45, 7) is 5.05. The smallest absolute Gasteiger partial charge is 0.339 e. The summed E-state index contributed by atoms with van der Waals surface area (Å²) in [5.41, 5.74) is 1.94. The van der Waals surface area contributed by atoms with Crippen molar-refractivity contribution < 1.29 is 13.9 Å². The molecule has 0 aliphatic heterocycles. The van der Waals surface area contributed by atoms with Crippen LogP contribution in [0.25, 0.3) is 0 Å². The molecule has 22 heavy (non-hydrogen) atoms. The molecule has 5 heteroatoms. The SMILES string of the molecule is CCN(Cc1cccc(F)c1)c1ccc(C(=O)OC)c(C)n1. The summed E-state index contributed by atoms with van der Waals surface area (Å²) in [6, 6.07) is 9.99. The predicted octanol–water partition coefficient (Wildman–Crippen LogP) is 3.34. The molecule has 1 aromatic carbocycles. The normalized spacial score (nSPS) is 10.4. The van der Waals surface area contributed by atoms with Crippen molar-refractivity contribution in [2.45, 2.75) is 20.4 Å². The molecule has 0 atom stereocenters. The highest BCUT2D eigenvalue weighted by atomic mass is 19.1. The lowest BCUT2D eigenvalue weighted by Gasteiger charge is -2.23. The number of rotatable bonds is 5. The lowest BCUT2D eigenvalue weighted by Crippen LogP contribution is -2.23. The average molecular weight is 302 g/mol. The summed E-state index contributed by atoms with van der Waals surface area (Å²) in [7, 11) is 1.35. The molecule has 2 rings (SSSR count). The van der Waals surface area contributed by atoms with Crippen LogP contribution < -0.4 is 4.90 Å². The van der Waals surface area contributed by atoms with Crippen molar-refractivity contribution in [2.24, 2.45) is 0 Å². The second kappa shape index (κ2) is 7.02. The molecule has 0 unspecified atom stereocenters. The summed E-state index contributed by atoms with van der Waals surface area (Å²) >= 11 is 0. The maximum atomic E-state index is 13.3. The molecule has 1 heterocycles. The minimum atomic E-state index is -0.398. The lowest BCUT2D eigenvalue weighted by atomic mass is 10.2. The molecule has 1 aromatic heterocycles. The largest absolute Gasteiger partial charge is 0.465 e. The van der Waals surface area contributed by atoms with Gasteiger partial charge in [-0.1, -0.05) is 12.1 Å². The molecule has 0 saturated carbocycles. The van der Waals surface area contributed by atoms with Gasteiger partial charge in [0.1, 0.15) is 11.6 Å². The fourth-order valence-corrected chi connectivity index (χ4v) is 2.26. The third-order valence-corrected chi connectivity index (χ3v) is 3.44. The number of anilines is 1. The van der Waals surface area contributed by atoms with Crippen LogP contribution in [0.5, 0.6) is 0 Å². The molecule has 4 nitrogen and oxygen atoms in total. The Morgan fingerprint density at radius 1 is 1.32 bits per heavy atom. The van der Waals surface area contributed by atoms with Gasteiger partial charge in [-0.3, -0.25) is 0 Å². The van der Waals surface area contributed by atoms with Gasteiger partial charge in [0.25, 0.3) is 0 Å². The van der Waals surface area contributed by atoms with Crippen molar-refractivity contribution in [2.75, 3.05) is 18.6 Å². The van der Waals surface area contributed by atoms with Crippen molar-refractivity contribution in [3.05, 3.63) is 59.0 Å². The van der Waals surface area contributed by atoms with Gasteiger partial charge in [0.15, 0.2) is 0 Å². The van der Waals surface area contributed by atoms with E-state index in [1.54, 1.807) is 25.1 Å². The molecule has 0 aliphatic carbocycles. The topological polar surface area (TPSA) is 42.4 Å². The van der Waals surface area contributed by atoms with E-state index >= 15 is 0 Å². The van der Waals surface area contributed by atoms with Crippen LogP contribution in [0.15, 0.2) is 36.4 Å². The number of esters is 1. The zero-order chi connectivity index (χ0) is 16.1. The standard InChI is InChI=1S/C17H19FN2O2/c1-4-20(11-13-6-5-7-14(18)10-13)16-9-8-15(12(2)19-16)17(21)22-3/h5-10H,4,11H2,1-3H3. The summed E-state index contributed by atoms with van der Waals surface area (Å²) < 4.78 is 18.0. The van der Waals surface area contributed by atoms with Crippen LogP contribution in [0.1, 0.15) is 28.5 Å². The molecule has 0 saturated heterocycles. The van der Waals surface area contributed by atoms with Crippen LogP contribution in [0.3, 0.4) is 0 Å². The molecule has 0 fully saturated rings. The second-order valence-electron chi connectivity index (χ2n) is 4.94. The van der Waals surface area contributed by atoms with Crippen LogP contribution in [-0.4, -0.2) is 24.6 Å². The van der Waals surface area contributed by atoms with Gasteiger partial charge in [-0.25, -0.2) is 14.2 Å². The zero-order valence-corrected chi connectivity index (χ0v) is 13.0. The molecular weight excluding hydrogens is 283 g/mol. The number of carbonyl (C=O) groups excluding carboxylic acids is 1. The van der Waals surface area contributed by atoms with Crippen molar-refractivity contribution in [1.82, 2.24) is 4.98 Å². The number of hydrogen-bond donors (Lipinski definition) is 0. The summed E-state index contributed by atoms with van der Waals surface area (Å²) in [6.07, 6.45) is 0. The van der Waals surface area contributed by atoms with Crippen molar-refractivity contribution in [3.63, 3.8) is 0 Å². The van der Waals surface area contributed by atoms with E-state index in [2.05, 4.69) is 4.98 Å². The first kappa shape index (κ1) is 15.9. The van der Waals surface area contributed by atoms with Crippen LogP contribution >= 0.6 is 0 Å². The van der Waals surface area contributed by atoms with Gasteiger partial charge in [0.2, 0.25) is 0 Å². The first-order chi connectivity index (χ1) is 10.5. The number of pyridine rings is 1. The highest BCUT2D eigenvalue weighted by molar-refractivity contribution is 5.90. The Balaban J connectivity index is 2.24. The number of aromatic nitrogens is 1. The Bertz CT molecular complexity index is 673. The lowest BCUT2D eigenvalue weighted by molar-refractivity contribution is 0.0599. The summed E-state index contributed by atoms with van der Waals surface area (Å²) in [5, 5.41) is 0. The molecule has 0 amide bonds. The van der Waals surface area contributed by atoms with Crippen LogP contribution in [0, 0.1) is 12.7 Å². The fourth-order valence-electron chi connectivity index (χ4n) is 2.26. The van der Waals surface area contributed by atoms with Gasteiger partial charge in [-0.05, 0) is 43.7 Å². The molecule has 2 aromatic rings. The van der Waals surface area contributed by atoms with E-state index in [-0.39, 0.29) is 5.82 Å². The van der Waals surface area contributed by atoms with Gasteiger partial charge in [-0.2, -0.15) is 0 Å². The average Bonchev–Trinajstić information content (AvgIpc) is 2.52. The number of methoxy groups -OCH3 is 1. The Morgan fingerprint density at radius 3 is 2.68 bits per heavy atom. The highest BCUT2D eigenvalue weighted by Gasteiger charge is 2.13. The van der Waals surface area contributed by atoms with E-state index < -0.39 is 5.97 Å². The quantitative estimate of drug-likeness (QED) is 0.794. The Kier molecular flexibility index (Phi) is 5.09. The van der Waals surface area contributed by atoms with Crippen molar-refractivity contribution in [3.8, 4) is 0 Å². The van der Waals surface area contributed by atoms with E-state index in [1.807, 2.05) is 17.9 Å². The molecular formula is C17H19FN2O2. The third kappa shape index (κ3) is 3.61. The monoisotopic (exact) mass is 302 g/mol. The number of ether oxygens (including phenoxy) is 1. The number of hydrogen-bond acceptors (Lipinski definition) is 4. The van der Waals surface area contributed by atoms with Gasteiger partial charge in [0.05, 0.1) is 18.4 Å². The maximum Gasteiger partial charge on any atom is 0.339 e. The molecule has 0 aliphatic rings. The van der Waals surface area contributed by atoms with E-state index in [4.69, 9.17) is 4.74 Å². The number of nitrogens with zero attached hydrogens (tertiary/aromatic N) is 2. The summed E-state index contributed by atoms with van der Waals surface area (Å²) in [4.78, 5) is 18.1. The van der Waals surface area contributed by atoms with Gasteiger partial charge in [0, 0.05) is 13.1 Å². The van der Waals surface area contributed by atoms with Gasteiger partial charge in [-0.15, -0.1) is 0 Å². The van der Waals surface area contributed by atoms with E-state index in [0.717, 1.165) is 17.9 Å². The third-order valence-electron chi connectivity index (χ3n) is 3.44. The van der Waals surface area contributed by atoms with Crippen molar-refractivity contribution >= 4 is 11.8 Å². The minimum absolute atomic E-state index is 0.251. The highest BCUT2D eigenvalue weighted by Crippen LogP contribution is 2.18. The van der Waals surface area contributed by atoms with Gasteiger partial charge >= 0.3 is 5.97 Å². The van der Waals surface area contributed by atoms with E-state index in [1.165, 1.54) is 19.2 Å². The van der Waals surface area contributed by atoms with E-state index in [0.29, 0.717) is 17.8 Å². The Hall–Kier alpha value is -2.43. The minimum Gasteiger partial charge on any atom is -0.465 e. The molecule has 0 spiro atoms. The second-order valence-corrected chi connectivity index (χ2v) is 4.94. The Labute approximate surface area is 129 Å². The first-order valence-electron chi connectivity index (χ1n) is 7.10. The molecule has 116 valence electrons. The van der Waals surface area contributed by atoms with Crippen LogP contribution in [0.4, 0.5) is 10.2 Å². The van der Waals surface area contributed by atoms with E-state index in [9.17, 15) is 9.18 Å². The summed E-state index contributed by atoms with van der Waals surface area (Å²) in [5.74, 6) is 0.0976. The molecule has 0 bridgehead atoms. The van der Waals surface area contributed by atoms with Crippen molar-refractivity contribution in [1.29, 1.82) is 0 Å². The predicted molar refractivity (Wildman–Crippen MR) is 83.4 cm³/mol. The fraction of sp³-hybridized carbons (Fsp3) is 0.294. The molecule has 0 N–H and O–H groups in total. The number of carbonyl (C=O) groups is 1. The maximum absolute atomic E-state index is 13.3. The zero-order valence-electron chi connectivity index (χ0n) is 13.0.